The van der Waals surface area contributed by atoms with Gasteiger partial charge in [-0.3, -0.25) is 0 Å². The lowest BCUT2D eigenvalue weighted by molar-refractivity contribution is -0.137. The van der Waals surface area contributed by atoms with Crippen molar-refractivity contribution in [2.24, 2.45) is 0 Å². The number of carbonyl (C=O) groups is 2. The molecule has 0 saturated carbocycles. The van der Waals surface area contributed by atoms with Gasteiger partial charge >= 0.3 is 11.9 Å². The third-order valence-corrected chi connectivity index (χ3v) is 3.65. The summed E-state index contributed by atoms with van der Waals surface area (Å²) in [6.07, 6.45) is 7.56. The topological polar surface area (TPSA) is 85.6 Å². The van der Waals surface area contributed by atoms with E-state index >= 15 is 0 Å². The van der Waals surface area contributed by atoms with Crippen molar-refractivity contribution in [1.82, 2.24) is 0 Å². The number of nitrogens with zero attached hydrogens (tertiary/aromatic N) is 1. The molecular weight excluding hydrogens is 370 g/mol. The monoisotopic (exact) mass is 395 g/mol. The van der Waals surface area contributed by atoms with Crippen LogP contribution in [0.15, 0.2) is 73.6 Å². The molecule has 0 heterocycles. The largest absolute Gasteiger partial charge is 0.494 e. The fourth-order valence-electron chi connectivity index (χ4n) is 2.11. The maximum Gasteiger partial charge on any atom is 0.343 e. The average molecular weight is 395 g/mol. The van der Waals surface area contributed by atoms with Gasteiger partial charge in [0.1, 0.15) is 11.5 Å². The van der Waals surface area contributed by atoms with Gasteiger partial charge in [-0.25, -0.2) is 9.59 Å². The molecule has 0 aliphatic rings. The fourth-order valence-corrected chi connectivity index (χ4v) is 2.11. The lowest BCUT2D eigenvalue weighted by atomic mass is 10.2. The van der Waals surface area contributed by atoms with Crippen LogP contribution in [0.25, 0.3) is 0 Å². The summed E-state index contributed by atoms with van der Waals surface area (Å²) in [5, 5.41) is 8.62. The summed E-state index contributed by atoms with van der Waals surface area (Å²) < 4.78 is 15.6. The molecule has 0 spiro atoms. The minimum atomic E-state index is -0.550. The molecule has 0 N–H and O–H groups in total. The highest BCUT2D eigenvalue weighted by molar-refractivity contribution is 5.90. The molecule has 0 unspecified atom stereocenters. The van der Waals surface area contributed by atoms with E-state index in [-0.39, 0.29) is 11.3 Å². The van der Waals surface area contributed by atoms with Gasteiger partial charge in [0, 0.05) is 11.6 Å². The summed E-state index contributed by atoms with van der Waals surface area (Å²) in [6.45, 7) is 11.4. The quantitative estimate of drug-likeness (QED) is 0.121. The number of carbonyl (C=O) groups excluding carboxylic acids is 2. The van der Waals surface area contributed by atoms with E-state index in [0.29, 0.717) is 24.5 Å². The van der Waals surface area contributed by atoms with Crippen LogP contribution in [0.3, 0.4) is 0 Å². The second-order valence-electron chi connectivity index (χ2n) is 5.98. The summed E-state index contributed by atoms with van der Waals surface area (Å²) in [7, 11) is 0. The summed E-state index contributed by atoms with van der Waals surface area (Å²) in [4.78, 5) is 22.9. The molecule has 0 fully saturated rings. The number of benzene rings is 1. The first-order valence-corrected chi connectivity index (χ1v) is 9.16. The Morgan fingerprint density at radius 3 is 2.28 bits per heavy atom. The third-order valence-electron chi connectivity index (χ3n) is 3.65. The summed E-state index contributed by atoms with van der Waals surface area (Å²) in [5.41, 5.74) is 0.597. The Kier molecular flexibility index (Phi) is 11.0. The Bertz CT molecular complexity index is 800. The van der Waals surface area contributed by atoms with E-state index < -0.39 is 11.9 Å². The molecule has 0 aromatic heterocycles. The van der Waals surface area contributed by atoms with Gasteiger partial charge in [0.05, 0.1) is 24.8 Å². The van der Waals surface area contributed by atoms with Gasteiger partial charge in [-0.05, 0) is 62.1 Å². The first kappa shape index (κ1) is 23.4. The number of allylic oxidation sites excluding steroid dienone is 3. The van der Waals surface area contributed by atoms with Crippen LogP contribution in [0.1, 0.15) is 36.0 Å². The van der Waals surface area contributed by atoms with Gasteiger partial charge < -0.3 is 14.2 Å². The number of rotatable bonds is 13. The summed E-state index contributed by atoms with van der Waals surface area (Å²) >= 11 is 0. The lowest BCUT2D eigenvalue weighted by Gasteiger charge is -2.08. The lowest BCUT2D eigenvalue weighted by Crippen LogP contribution is -2.04. The van der Waals surface area contributed by atoms with Crippen LogP contribution < -0.4 is 4.74 Å². The minimum absolute atomic E-state index is 0.117. The summed E-state index contributed by atoms with van der Waals surface area (Å²) in [5.74, 6) is -0.172. The van der Waals surface area contributed by atoms with Crippen LogP contribution in [0.4, 0.5) is 0 Å². The molecule has 0 radical (unpaired) electrons. The van der Waals surface area contributed by atoms with Crippen molar-refractivity contribution >= 4 is 11.9 Å². The molecule has 6 nitrogen and oxygen atoms in total. The van der Waals surface area contributed by atoms with E-state index in [2.05, 4.69) is 19.7 Å². The minimum Gasteiger partial charge on any atom is -0.494 e. The highest BCUT2D eigenvalue weighted by atomic mass is 16.5. The van der Waals surface area contributed by atoms with Crippen LogP contribution >= 0.6 is 0 Å². The number of ether oxygens (including phenoxy) is 3. The molecule has 0 amide bonds. The Hall–Kier alpha value is -3.59. The van der Waals surface area contributed by atoms with Crippen molar-refractivity contribution in [3.8, 4) is 11.8 Å². The normalized spacial score (nSPS) is 10.0. The van der Waals surface area contributed by atoms with Gasteiger partial charge in [0.15, 0.2) is 0 Å². The van der Waals surface area contributed by atoms with Crippen molar-refractivity contribution in [3.63, 3.8) is 0 Å². The maximum atomic E-state index is 12.0. The van der Waals surface area contributed by atoms with Gasteiger partial charge in [0.2, 0.25) is 0 Å². The van der Waals surface area contributed by atoms with Crippen molar-refractivity contribution in [2.75, 3.05) is 13.2 Å². The number of esters is 2. The van der Waals surface area contributed by atoms with E-state index in [0.717, 1.165) is 31.8 Å². The molecular formula is C23H25NO5. The predicted molar refractivity (Wildman–Crippen MR) is 110 cm³/mol. The SMILES string of the molecule is C=CC(=O)OCCCCCCOc1ccc(C(=O)OC(=C)/C=C\C(=C)C#N)cc1. The number of unbranched alkanes of at least 4 members (excludes halogenated alkanes) is 3. The van der Waals surface area contributed by atoms with Crippen molar-refractivity contribution in [2.45, 2.75) is 25.7 Å². The highest BCUT2D eigenvalue weighted by Crippen LogP contribution is 2.15. The molecule has 0 atom stereocenters. The second kappa shape index (κ2) is 13.6. The Morgan fingerprint density at radius 1 is 1.00 bits per heavy atom. The third kappa shape index (κ3) is 10.4. The Balaban J connectivity index is 2.27. The smallest absolute Gasteiger partial charge is 0.343 e. The van der Waals surface area contributed by atoms with Crippen LogP contribution in [-0.2, 0) is 14.3 Å². The molecule has 1 aromatic rings. The van der Waals surface area contributed by atoms with Crippen LogP contribution in [0.5, 0.6) is 5.75 Å². The number of nitriles is 1. The summed E-state index contributed by atoms with van der Waals surface area (Å²) in [6, 6.07) is 8.46. The van der Waals surface area contributed by atoms with Gasteiger partial charge in [-0.15, -0.1) is 0 Å². The van der Waals surface area contributed by atoms with Gasteiger partial charge in [-0.2, -0.15) is 5.26 Å². The first-order chi connectivity index (χ1) is 14.0. The Morgan fingerprint density at radius 2 is 1.66 bits per heavy atom. The van der Waals surface area contributed by atoms with E-state index in [1.165, 1.54) is 12.2 Å². The maximum absolute atomic E-state index is 12.0. The molecule has 0 saturated heterocycles. The Labute approximate surface area is 171 Å². The average Bonchev–Trinajstić information content (AvgIpc) is 2.73. The molecule has 0 aliphatic heterocycles. The van der Waals surface area contributed by atoms with Gasteiger partial charge in [-0.1, -0.05) is 19.7 Å². The van der Waals surface area contributed by atoms with E-state index in [9.17, 15) is 9.59 Å². The zero-order valence-electron chi connectivity index (χ0n) is 16.4. The fraction of sp³-hybridized carbons (Fsp3) is 0.261. The molecule has 0 bridgehead atoms. The highest BCUT2D eigenvalue weighted by Gasteiger charge is 2.08. The number of hydrogen-bond donors (Lipinski definition) is 0. The van der Waals surface area contributed by atoms with Crippen LogP contribution in [0, 0.1) is 11.3 Å². The number of hydrogen-bond acceptors (Lipinski definition) is 6. The van der Waals surface area contributed by atoms with E-state index in [1.807, 2.05) is 6.07 Å². The van der Waals surface area contributed by atoms with Crippen LogP contribution in [0.2, 0.25) is 0 Å². The van der Waals surface area contributed by atoms with E-state index in [4.69, 9.17) is 19.5 Å². The van der Waals surface area contributed by atoms with Crippen molar-refractivity contribution in [3.05, 3.63) is 79.1 Å². The predicted octanol–water partition coefficient (Wildman–Crippen LogP) is 4.66. The van der Waals surface area contributed by atoms with Gasteiger partial charge in [0.25, 0.3) is 0 Å². The molecule has 0 aliphatic carbocycles. The molecule has 152 valence electrons. The zero-order valence-corrected chi connectivity index (χ0v) is 16.4. The first-order valence-electron chi connectivity index (χ1n) is 9.16. The molecule has 1 rings (SSSR count). The second-order valence-corrected chi connectivity index (χ2v) is 5.98. The standard InChI is InChI=1S/C23H25NO5/c1-4-22(25)28-16-8-6-5-7-15-27-21-13-11-20(12-14-21)23(26)29-19(3)10-9-18(2)17-24/h4,9-14H,1-3,5-8,15-16H2/b10-9-. The van der Waals surface area contributed by atoms with Crippen molar-refractivity contribution in [1.29, 1.82) is 5.26 Å². The molecule has 6 heteroatoms. The zero-order chi connectivity index (χ0) is 21.5. The van der Waals surface area contributed by atoms with Crippen LogP contribution in [-0.4, -0.2) is 25.2 Å². The molecule has 29 heavy (non-hydrogen) atoms. The molecule has 1 aromatic carbocycles. The van der Waals surface area contributed by atoms with Crippen molar-refractivity contribution < 1.29 is 23.8 Å². The van der Waals surface area contributed by atoms with E-state index in [1.54, 1.807) is 24.3 Å².